The van der Waals surface area contributed by atoms with Crippen LogP contribution < -0.4 is 0 Å². The monoisotopic (exact) mass is 344 g/mol. The van der Waals surface area contributed by atoms with E-state index in [1.54, 1.807) is 25.7 Å². The Morgan fingerprint density at radius 3 is 2.65 bits per heavy atom. The summed E-state index contributed by atoms with van der Waals surface area (Å²) in [7, 11) is -3.56. The summed E-state index contributed by atoms with van der Waals surface area (Å²) in [6.45, 7) is 7.01. The minimum atomic E-state index is -3.56. The quantitative estimate of drug-likeness (QED) is 0.756. The van der Waals surface area contributed by atoms with Gasteiger partial charge in [0.15, 0.2) is 5.82 Å². The first-order valence-electron chi connectivity index (χ1n) is 7.93. The van der Waals surface area contributed by atoms with E-state index in [1.165, 1.54) is 4.31 Å². The van der Waals surface area contributed by atoms with Gasteiger partial charge in [-0.1, -0.05) is 19.0 Å². The smallest absolute Gasteiger partial charge is 0.239 e. The van der Waals surface area contributed by atoms with Gasteiger partial charge in [0.1, 0.15) is 5.75 Å². The fourth-order valence-electron chi connectivity index (χ4n) is 2.84. The van der Waals surface area contributed by atoms with Crippen LogP contribution in [0.3, 0.4) is 0 Å². The van der Waals surface area contributed by atoms with Crippen LogP contribution in [-0.2, 0) is 14.8 Å². The van der Waals surface area contributed by atoms with Gasteiger partial charge in [0, 0.05) is 26.2 Å². The van der Waals surface area contributed by atoms with E-state index in [0.29, 0.717) is 37.9 Å². The van der Waals surface area contributed by atoms with Crippen molar-refractivity contribution in [3.05, 3.63) is 11.7 Å². The number of aryl methyl sites for hydroxylation is 1. The zero-order valence-electron chi connectivity index (χ0n) is 13.9. The van der Waals surface area contributed by atoms with E-state index < -0.39 is 15.8 Å². The van der Waals surface area contributed by atoms with Crippen LogP contribution in [0.5, 0.6) is 0 Å². The zero-order valence-corrected chi connectivity index (χ0v) is 14.7. The number of likely N-dealkylation sites (tertiary alicyclic amines) is 1. The Hall–Kier alpha value is -1.48. The molecule has 1 saturated heterocycles. The zero-order chi connectivity index (χ0) is 17.0. The molecule has 1 amide bonds. The van der Waals surface area contributed by atoms with E-state index in [9.17, 15) is 13.2 Å². The highest BCUT2D eigenvalue weighted by Gasteiger charge is 2.31. The van der Waals surface area contributed by atoms with Crippen molar-refractivity contribution in [2.75, 3.05) is 31.9 Å². The van der Waals surface area contributed by atoms with Crippen LogP contribution in [0.1, 0.15) is 44.3 Å². The molecule has 1 aliphatic rings. The predicted molar refractivity (Wildman–Crippen MR) is 84.3 cm³/mol. The van der Waals surface area contributed by atoms with E-state index in [-0.39, 0.29) is 11.8 Å². The van der Waals surface area contributed by atoms with Crippen LogP contribution in [0.25, 0.3) is 0 Å². The van der Waals surface area contributed by atoms with Gasteiger partial charge >= 0.3 is 0 Å². The lowest BCUT2D eigenvalue weighted by Gasteiger charge is -2.31. The second-order valence-corrected chi connectivity index (χ2v) is 7.67. The average molecular weight is 344 g/mol. The first-order valence-corrected chi connectivity index (χ1v) is 9.54. The first kappa shape index (κ1) is 17.9. The standard InChI is InChI=1S/C14H24N4O4S/c1-4-18(5-2)23(20,21)10-13(19)17-8-6-7-12(9-17)14-15-11(3)16-22-14/h12H,4-10H2,1-3H3/t12-/m1/s1. The Morgan fingerprint density at radius 2 is 2.09 bits per heavy atom. The highest BCUT2D eigenvalue weighted by molar-refractivity contribution is 7.89. The summed E-state index contributed by atoms with van der Waals surface area (Å²) in [4.78, 5) is 18.2. The number of piperidine rings is 1. The van der Waals surface area contributed by atoms with Crippen molar-refractivity contribution < 1.29 is 17.7 Å². The number of carbonyl (C=O) groups excluding carboxylic acids is 1. The van der Waals surface area contributed by atoms with E-state index in [2.05, 4.69) is 10.1 Å². The number of sulfonamides is 1. The van der Waals surface area contributed by atoms with Gasteiger partial charge in [-0.25, -0.2) is 12.7 Å². The molecule has 1 aromatic rings. The maximum Gasteiger partial charge on any atom is 0.239 e. The van der Waals surface area contributed by atoms with E-state index in [1.807, 2.05) is 0 Å². The van der Waals surface area contributed by atoms with Crippen molar-refractivity contribution in [2.45, 2.75) is 39.5 Å². The van der Waals surface area contributed by atoms with Gasteiger partial charge in [0.2, 0.25) is 21.8 Å². The van der Waals surface area contributed by atoms with Gasteiger partial charge in [0.25, 0.3) is 0 Å². The topological polar surface area (TPSA) is 96.6 Å². The van der Waals surface area contributed by atoms with Crippen LogP contribution in [-0.4, -0.2) is 65.6 Å². The molecule has 0 aliphatic carbocycles. The number of rotatable bonds is 6. The molecule has 0 N–H and O–H groups in total. The van der Waals surface area contributed by atoms with Gasteiger partial charge < -0.3 is 9.42 Å². The number of carbonyl (C=O) groups is 1. The summed E-state index contributed by atoms with van der Waals surface area (Å²) < 4.78 is 31.0. The predicted octanol–water partition coefficient (Wildman–Crippen LogP) is 0.756. The number of hydrogen-bond acceptors (Lipinski definition) is 6. The molecule has 0 radical (unpaired) electrons. The molecule has 0 spiro atoms. The number of aromatic nitrogens is 2. The molecule has 23 heavy (non-hydrogen) atoms. The summed E-state index contributed by atoms with van der Waals surface area (Å²) in [6, 6.07) is 0. The molecule has 0 saturated carbocycles. The normalized spacial score (nSPS) is 19.3. The van der Waals surface area contributed by atoms with Crippen LogP contribution in [0, 0.1) is 6.92 Å². The van der Waals surface area contributed by atoms with Gasteiger partial charge in [0.05, 0.1) is 5.92 Å². The Labute approximate surface area is 136 Å². The minimum absolute atomic E-state index is 0.0231. The molecule has 0 unspecified atom stereocenters. The van der Waals surface area contributed by atoms with Crippen molar-refractivity contribution in [3.8, 4) is 0 Å². The fourth-order valence-corrected chi connectivity index (χ4v) is 4.30. The fraction of sp³-hybridized carbons (Fsp3) is 0.786. The maximum atomic E-state index is 12.4. The molecule has 0 aromatic carbocycles. The molecule has 1 aromatic heterocycles. The number of hydrogen-bond donors (Lipinski definition) is 0. The molecule has 2 heterocycles. The van der Waals surface area contributed by atoms with Crippen molar-refractivity contribution >= 4 is 15.9 Å². The summed E-state index contributed by atoms with van der Waals surface area (Å²) >= 11 is 0. The lowest BCUT2D eigenvalue weighted by Crippen LogP contribution is -2.45. The van der Waals surface area contributed by atoms with Gasteiger partial charge in [-0.15, -0.1) is 0 Å². The second-order valence-electron chi connectivity index (χ2n) is 5.70. The summed E-state index contributed by atoms with van der Waals surface area (Å²) in [5, 5.41) is 3.77. The number of amides is 1. The molecule has 1 aliphatic heterocycles. The third-order valence-electron chi connectivity index (χ3n) is 4.07. The second kappa shape index (κ2) is 7.39. The Kier molecular flexibility index (Phi) is 5.74. The molecule has 1 atom stereocenters. The van der Waals surface area contributed by atoms with Crippen molar-refractivity contribution in [1.29, 1.82) is 0 Å². The maximum absolute atomic E-state index is 12.4. The lowest BCUT2D eigenvalue weighted by atomic mass is 9.98. The van der Waals surface area contributed by atoms with Gasteiger partial charge in [-0.3, -0.25) is 4.79 Å². The highest BCUT2D eigenvalue weighted by atomic mass is 32.2. The van der Waals surface area contributed by atoms with Crippen LogP contribution in [0.15, 0.2) is 4.52 Å². The Morgan fingerprint density at radius 1 is 1.39 bits per heavy atom. The molecule has 1 fully saturated rings. The van der Waals surface area contributed by atoms with Crippen LogP contribution in [0.4, 0.5) is 0 Å². The molecule has 2 rings (SSSR count). The van der Waals surface area contributed by atoms with Crippen molar-refractivity contribution in [1.82, 2.24) is 19.3 Å². The van der Waals surface area contributed by atoms with Crippen LogP contribution in [0.2, 0.25) is 0 Å². The molecule has 130 valence electrons. The number of nitrogens with zero attached hydrogens (tertiary/aromatic N) is 4. The third kappa shape index (κ3) is 4.29. The SMILES string of the molecule is CCN(CC)S(=O)(=O)CC(=O)N1CCC[C@@H](c2nc(C)no2)C1. The van der Waals surface area contributed by atoms with Crippen LogP contribution >= 0.6 is 0 Å². The van der Waals surface area contributed by atoms with Gasteiger partial charge in [-0.2, -0.15) is 4.98 Å². The molecule has 0 bridgehead atoms. The minimum Gasteiger partial charge on any atom is -0.341 e. The van der Waals surface area contributed by atoms with E-state index >= 15 is 0 Å². The van der Waals surface area contributed by atoms with Crippen molar-refractivity contribution in [3.63, 3.8) is 0 Å². The first-order chi connectivity index (χ1) is 10.9. The van der Waals surface area contributed by atoms with E-state index in [0.717, 1.165) is 12.8 Å². The average Bonchev–Trinajstić information content (AvgIpc) is 2.94. The molecule has 8 nitrogen and oxygen atoms in total. The molecular formula is C14H24N4O4S. The van der Waals surface area contributed by atoms with Crippen molar-refractivity contribution in [2.24, 2.45) is 0 Å². The van der Waals surface area contributed by atoms with Gasteiger partial charge in [-0.05, 0) is 19.8 Å². The summed E-state index contributed by atoms with van der Waals surface area (Å²) in [5.41, 5.74) is 0. The Bertz CT molecular complexity index is 639. The largest absolute Gasteiger partial charge is 0.341 e. The highest BCUT2D eigenvalue weighted by Crippen LogP contribution is 2.25. The molecular weight excluding hydrogens is 320 g/mol. The summed E-state index contributed by atoms with van der Waals surface area (Å²) in [5.74, 6) is 0.214. The third-order valence-corrected chi connectivity index (χ3v) is 5.99. The van der Waals surface area contributed by atoms with E-state index in [4.69, 9.17) is 4.52 Å². The lowest BCUT2D eigenvalue weighted by molar-refractivity contribution is -0.129. The Balaban J connectivity index is 2.02. The molecule has 9 heteroatoms. The summed E-state index contributed by atoms with van der Waals surface area (Å²) in [6.07, 6.45) is 1.65.